The van der Waals surface area contributed by atoms with Gasteiger partial charge in [-0.3, -0.25) is 4.79 Å². The zero-order valence-electron chi connectivity index (χ0n) is 20.4. The number of carbonyl (C=O) groups is 1. The standard InChI is InChI=1S/C28H23ClF2N6O/c1-37(12-11-32)27(38)16-5-8-18(9-6-16)35-28-34-14-17-7-10-19-20(25-22(30)3-2-4-23(25)31)13-24(29)33-15-21(19)26(17)36-28/h2-6,8-10,13-15H,7,11-12,32H2,1H3,(H,34,35,36). The smallest absolute Gasteiger partial charge is 0.253 e. The zero-order chi connectivity index (χ0) is 26.8. The maximum absolute atomic E-state index is 14.7. The number of allylic oxidation sites excluding steroid dienone is 5. The molecule has 3 aromatic rings. The predicted molar refractivity (Wildman–Crippen MR) is 145 cm³/mol. The second-order valence-corrected chi connectivity index (χ2v) is 9.14. The van der Waals surface area contributed by atoms with Gasteiger partial charge < -0.3 is 16.0 Å². The van der Waals surface area contributed by atoms with Crippen molar-refractivity contribution in [3.8, 4) is 0 Å². The van der Waals surface area contributed by atoms with Crippen LogP contribution in [0.1, 0.15) is 27.2 Å². The Hall–Kier alpha value is -4.21. The lowest BCUT2D eigenvalue weighted by Gasteiger charge is -2.22. The average Bonchev–Trinajstić information content (AvgIpc) is 3.07. The molecule has 5 rings (SSSR count). The van der Waals surface area contributed by atoms with Crippen LogP contribution in [-0.2, 0) is 6.42 Å². The molecule has 1 aromatic heterocycles. The number of aromatic nitrogens is 2. The molecule has 2 aliphatic rings. The molecule has 0 spiro atoms. The molecule has 3 N–H and O–H groups in total. The van der Waals surface area contributed by atoms with Gasteiger partial charge in [0.2, 0.25) is 5.95 Å². The van der Waals surface area contributed by atoms with Crippen LogP contribution < -0.4 is 11.1 Å². The molecule has 1 aliphatic heterocycles. The van der Waals surface area contributed by atoms with E-state index in [-0.39, 0.29) is 22.2 Å². The summed E-state index contributed by atoms with van der Waals surface area (Å²) < 4.78 is 29.5. The highest BCUT2D eigenvalue weighted by molar-refractivity contribution is 6.69. The minimum Gasteiger partial charge on any atom is -0.340 e. The summed E-state index contributed by atoms with van der Waals surface area (Å²) in [5, 5.41) is 3.23. The fourth-order valence-electron chi connectivity index (χ4n) is 4.35. The molecule has 2 heterocycles. The van der Waals surface area contributed by atoms with E-state index in [1.54, 1.807) is 48.6 Å². The molecule has 0 saturated heterocycles. The van der Waals surface area contributed by atoms with Crippen LogP contribution in [0.4, 0.5) is 20.4 Å². The number of nitrogens with one attached hydrogen (secondary N) is 1. The number of rotatable bonds is 6. The van der Waals surface area contributed by atoms with Crippen LogP contribution in [0.3, 0.4) is 0 Å². The van der Waals surface area contributed by atoms with Crippen LogP contribution in [0.25, 0.3) is 11.1 Å². The zero-order valence-corrected chi connectivity index (χ0v) is 21.1. The summed E-state index contributed by atoms with van der Waals surface area (Å²) in [6, 6.07) is 10.7. The maximum Gasteiger partial charge on any atom is 0.253 e. The average molecular weight is 533 g/mol. The van der Waals surface area contributed by atoms with E-state index in [1.807, 2.05) is 6.08 Å². The molecule has 1 amide bonds. The summed E-state index contributed by atoms with van der Waals surface area (Å²) in [6.45, 7) is 0.846. The predicted octanol–water partition coefficient (Wildman–Crippen LogP) is 5.09. The molecule has 0 bridgehead atoms. The van der Waals surface area contributed by atoms with Crippen LogP contribution in [0, 0.1) is 11.6 Å². The molecule has 0 saturated carbocycles. The summed E-state index contributed by atoms with van der Waals surface area (Å²) >= 11 is 6.25. The summed E-state index contributed by atoms with van der Waals surface area (Å²) in [7, 11) is 1.70. The van der Waals surface area contributed by atoms with Gasteiger partial charge in [-0.1, -0.05) is 23.7 Å². The molecular formula is C28H23ClF2N6O. The normalized spacial score (nSPS) is 14.2. The van der Waals surface area contributed by atoms with Crippen LogP contribution in [0.2, 0.25) is 0 Å². The molecule has 2 aromatic carbocycles. The largest absolute Gasteiger partial charge is 0.340 e. The third-order valence-electron chi connectivity index (χ3n) is 6.24. The van der Waals surface area contributed by atoms with Gasteiger partial charge >= 0.3 is 0 Å². The molecule has 0 unspecified atom stereocenters. The molecule has 38 heavy (non-hydrogen) atoms. The van der Waals surface area contributed by atoms with Gasteiger partial charge in [-0.05, 0) is 60.0 Å². The maximum atomic E-state index is 14.7. The van der Waals surface area contributed by atoms with Crippen molar-refractivity contribution >= 4 is 45.5 Å². The Balaban J connectivity index is 1.45. The molecule has 7 nitrogen and oxygen atoms in total. The minimum atomic E-state index is -0.699. The van der Waals surface area contributed by atoms with E-state index in [1.165, 1.54) is 24.3 Å². The van der Waals surface area contributed by atoms with Gasteiger partial charge in [-0.15, -0.1) is 0 Å². The van der Waals surface area contributed by atoms with E-state index < -0.39 is 11.6 Å². The number of nitrogens with zero attached hydrogens (tertiary/aromatic N) is 4. The van der Waals surface area contributed by atoms with Crippen LogP contribution >= 0.6 is 11.6 Å². The summed E-state index contributed by atoms with van der Waals surface area (Å²) in [6.07, 6.45) is 7.02. The number of hydrogen-bond donors (Lipinski definition) is 2. The van der Waals surface area contributed by atoms with Crippen molar-refractivity contribution in [2.24, 2.45) is 10.7 Å². The SMILES string of the molecule is CN(CCN)C(=O)c1ccc(Nc2ncc3c(n2)C2=CN=C(Cl)C=C(c4c(F)cccc4F)C2=CC3)cc1. The van der Waals surface area contributed by atoms with Gasteiger partial charge in [0.25, 0.3) is 5.91 Å². The van der Waals surface area contributed by atoms with Crippen molar-refractivity contribution < 1.29 is 13.6 Å². The molecule has 1 aliphatic carbocycles. The fraction of sp³-hybridized carbons (Fsp3) is 0.143. The van der Waals surface area contributed by atoms with E-state index >= 15 is 0 Å². The Morgan fingerprint density at radius 1 is 1.11 bits per heavy atom. The van der Waals surface area contributed by atoms with Crippen LogP contribution in [0.5, 0.6) is 0 Å². The molecule has 0 radical (unpaired) electrons. The van der Waals surface area contributed by atoms with Gasteiger partial charge in [0.05, 0.1) is 11.3 Å². The lowest BCUT2D eigenvalue weighted by atomic mass is 9.84. The number of amides is 1. The number of hydrogen-bond acceptors (Lipinski definition) is 6. The first-order valence-electron chi connectivity index (χ1n) is 11.8. The number of carbonyl (C=O) groups excluding carboxylic acids is 1. The van der Waals surface area contributed by atoms with Crippen molar-refractivity contribution in [1.82, 2.24) is 14.9 Å². The van der Waals surface area contributed by atoms with Gasteiger partial charge in [0.1, 0.15) is 16.8 Å². The van der Waals surface area contributed by atoms with E-state index in [0.717, 1.165) is 5.56 Å². The van der Waals surface area contributed by atoms with E-state index in [0.29, 0.717) is 53.5 Å². The van der Waals surface area contributed by atoms with Gasteiger partial charge in [-0.25, -0.2) is 23.7 Å². The molecule has 0 fully saturated rings. The van der Waals surface area contributed by atoms with Crippen molar-refractivity contribution in [2.45, 2.75) is 6.42 Å². The Morgan fingerprint density at radius 2 is 1.84 bits per heavy atom. The Labute approximate surface area is 223 Å². The highest BCUT2D eigenvalue weighted by Gasteiger charge is 2.27. The molecule has 192 valence electrons. The van der Waals surface area contributed by atoms with Crippen LogP contribution in [0.15, 0.2) is 77.6 Å². The molecular weight excluding hydrogens is 510 g/mol. The number of fused-ring (bicyclic) bond motifs is 3. The van der Waals surface area contributed by atoms with Crippen molar-refractivity contribution in [3.63, 3.8) is 0 Å². The highest BCUT2D eigenvalue weighted by Crippen LogP contribution is 2.41. The first kappa shape index (κ1) is 25.4. The van der Waals surface area contributed by atoms with E-state index in [2.05, 4.69) is 15.3 Å². The van der Waals surface area contributed by atoms with Crippen molar-refractivity contribution in [2.75, 3.05) is 25.5 Å². The number of aliphatic imine (C=N–C) groups is 1. The Morgan fingerprint density at radius 3 is 2.55 bits per heavy atom. The first-order valence-corrected chi connectivity index (χ1v) is 12.2. The summed E-state index contributed by atoms with van der Waals surface area (Å²) in [5.41, 5.74) is 9.42. The fourth-order valence-corrected chi connectivity index (χ4v) is 4.51. The topological polar surface area (TPSA) is 96.5 Å². The van der Waals surface area contributed by atoms with Gasteiger partial charge in [-0.2, -0.15) is 0 Å². The highest BCUT2D eigenvalue weighted by atomic mass is 35.5. The number of anilines is 2. The Kier molecular flexibility index (Phi) is 7.13. The third-order valence-corrected chi connectivity index (χ3v) is 6.44. The van der Waals surface area contributed by atoms with E-state index in [4.69, 9.17) is 22.3 Å². The van der Waals surface area contributed by atoms with Crippen molar-refractivity contribution in [1.29, 1.82) is 0 Å². The Bertz CT molecular complexity index is 1530. The second-order valence-electron chi connectivity index (χ2n) is 8.76. The second kappa shape index (κ2) is 10.6. The molecule has 10 heteroatoms. The third kappa shape index (κ3) is 4.98. The van der Waals surface area contributed by atoms with Gasteiger partial charge in [0, 0.05) is 54.9 Å². The van der Waals surface area contributed by atoms with Gasteiger partial charge in [0.15, 0.2) is 0 Å². The number of nitrogens with two attached hydrogens (primary N) is 1. The monoisotopic (exact) mass is 532 g/mol. The minimum absolute atomic E-state index is 0.0890. The van der Waals surface area contributed by atoms with Crippen molar-refractivity contribution in [3.05, 3.63) is 107 Å². The summed E-state index contributed by atoms with van der Waals surface area (Å²) in [4.78, 5) is 27.4. The first-order chi connectivity index (χ1) is 18.4. The molecule has 0 atom stereocenters. The number of benzene rings is 2. The van der Waals surface area contributed by atoms with E-state index in [9.17, 15) is 13.6 Å². The number of halogens is 3. The summed E-state index contributed by atoms with van der Waals surface area (Å²) in [5.74, 6) is -1.21. The number of likely N-dealkylation sites (N-methyl/N-ethyl adjacent to an activating group) is 1. The lowest BCUT2D eigenvalue weighted by Crippen LogP contribution is -2.31. The lowest BCUT2D eigenvalue weighted by molar-refractivity contribution is 0.0799. The van der Waals surface area contributed by atoms with Crippen LogP contribution in [-0.4, -0.2) is 46.1 Å². The quantitative estimate of drug-likeness (QED) is 0.461.